The fourth-order valence-corrected chi connectivity index (χ4v) is 7.89. The molecule has 2 aliphatic carbocycles. The van der Waals surface area contributed by atoms with Crippen LogP contribution in [0, 0.1) is 13.8 Å². The van der Waals surface area contributed by atoms with Gasteiger partial charge in [-0.15, -0.1) is 5.10 Å². The topological polar surface area (TPSA) is 195 Å². The Morgan fingerprint density at radius 3 is 1.66 bits per heavy atom. The first-order valence-electron chi connectivity index (χ1n) is 22.8. The van der Waals surface area contributed by atoms with E-state index in [1.165, 1.54) is 5.56 Å². The minimum absolute atomic E-state index is 0.0198. The van der Waals surface area contributed by atoms with Gasteiger partial charge in [0.15, 0.2) is 17.1 Å². The van der Waals surface area contributed by atoms with E-state index >= 15 is 0 Å². The van der Waals surface area contributed by atoms with Gasteiger partial charge in [0, 0.05) is 59.2 Å². The molecule has 0 saturated heterocycles. The fourth-order valence-electron chi connectivity index (χ4n) is 7.51. The number of nitrogens with zero attached hydrogens (tertiary/aromatic N) is 6. The van der Waals surface area contributed by atoms with Crippen LogP contribution in [-0.2, 0) is 0 Å². The first-order valence-corrected chi connectivity index (χ1v) is 23.6. The number of aliphatic hydroxyl groups is 2. The van der Waals surface area contributed by atoms with E-state index in [0.717, 1.165) is 76.4 Å². The summed E-state index contributed by atoms with van der Waals surface area (Å²) in [5.41, 5.74) is 9.94. The third-order valence-electron chi connectivity index (χ3n) is 11.5. The third kappa shape index (κ3) is 11.8. The summed E-state index contributed by atoms with van der Waals surface area (Å²) in [6.45, 7) is 16.0. The summed E-state index contributed by atoms with van der Waals surface area (Å²) in [5.74, 6) is 1.01. The molecule has 0 radical (unpaired) electrons. The number of nitrogens with one attached hydrogen (secondary N) is 5. The second kappa shape index (κ2) is 19.1. The Morgan fingerprint density at radius 1 is 0.701 bits per heavy atom. The maximum atomic E-state index is 12.6. The molecule has 67 heavy (non-hydrogen) atoms. The van der Waals surface area contributed by atoms with Crippen molar-refractivity contribution in [2.24, 2.45) is 0 Å². The van der Waals surface area contributed by atoms with Crippen LogP contribution in [0.15, 0.2) is 89.8 Å². The lowest BCUT2D eigenvalue weighted by molar-refractivity contribution is 0.0939. The summed E-state index contributed by atoms with van der Waals surface area (Å²) < 4.78 is 4.22. The summed E-state index contributed by atoms with van der Waals surface area (Å²) >= 11 is 3.45. The first kappa shape index (κ1) is 47.1. The van der Waals surface area contributed by atoms with Crippen LogP contribution in [0.5, 0.6) is 0 Å². The van der Waals surface area contributed by atoms with Crippen LogP contribution in [0.2, 0.25) is 0 Å². The minimum Gasteiger partial charge on any atom is -0.389 e. The fraction of sp³-hybridized carbons (Fsp3) is 0.373. The molecule has 0 atom stereocenters. The van der Waals surface area contributed by atoms with Crippen molar-refractivity contribution in [3.05, 3.63) is 118 Å². The molecule has 3 aromatic carbocycles. The van der Waals surface area contributed by atoms with E-state index in [1.807, 2.05) is 74.5 Å². The van der Waals surface area contributed by atoms with Crippen molar-refractivity contribution >= 4 is 61.9 Å². The number of carbonyl (C=O) groups is 2. The van der Waals surface area contributed by atoms with E-state index < -0.39 is 11.2 Å². The van der Waals surface area contributed by atoms with Crippen molar-refractivity contribution in [3.63, 3.8) is 0 Å². The molecule has 0 unspecified atom stereocenters. The standard InChI is InChI=1S/C30H36N6O2.C21H24BrN5O2/c1-18(2)20-7-6-8-23(14-20)33-27-15-25(32-17-30(4,5)38)28-31-16-26(36(28)35-27)21-9-12-24(19(3)13-21)29(37)34-22-10-11-22;1-12-8-13(4-7-15(12)20(28)25-14-5-6-14)17-10-23-19-16(24-11-21(2,3)29)9-18(22)26-27(17)19/h6-9,12-16,18,22,32,38H,10-11,17H2,1-5H3,(H,33,35)(H,34,37);4,7-10,14,24,29H,5-6,11H2,1-3H3,(H,25,28). The Bertz CT molecular complexity index is 2960. The number of carbonyl (C=O) groups excluding carboxylic acids is 2. The quantitative estimate of drug-likeness (QED) is 0.0518. The number of aromatic nitrogens is 6. The highest BCUT2D eigenvalue weighted by Gasteiger charge is 2.26. The van der Waals surface area contributed by atoms with Crippen LogP contribution < -0.4 is 26.6 Å². The van der Waals surface area contributed by atoms with Crippen molar-refractivity contribution in [2.45, 2.75) is 110 Å². The average Bonchev–Trinajstić information content (AvgIpc) is 4.18. The number of hydrogen-bond acceptors (Lipinski definition) is 11. The van der Waals surface area contributed by atoms with E-state index in [1.54, 1.807) is 49.1 Å². The number of benzene rings is 3. The Kier molecular flexibility index (Phi) is 13.4. The van der Waals surface area contributed by atoms with E-state index in [2.05, 4.69) is 83.6 Å². The second-order valence-corrected chi connectivity index (χ2v) is 20.2. The molecule has 2 aliphatic rings. The molecule has 2 saturated carbocycles. The van der Waals surface area contributed by atoms with Gasteiger partial charge in [0.05, 0.1) is 46.4 Å². The molecule has 4 heterocycles. The maximum Gasteiger partial charge on any atom is 0.251 e. The number of anilines is 4. The number of fused-ring (bicyclic) bond motifs is 2. The lowest BCUT2D eigenvalue weighted by Crippen LogP contribution is -2.29. The van der Waals surface area contributed by atoms with Gasteiger partial charge in [-0.3, -0.25) is 9.59 Å². The number of imidazole rings is 2. The Morgan fingerprint density at radius 2 is 1.19 bits per heavy atom. The molecule has 15 nitrogen and oxygen atoms in total. The predicted octanol–water partition coefficient (Wildman–Crippen LogP) is 9.19. The Hall–Kier alpha value is -6.36. The summed E-state index contributed by atoms with van der Waals surface area (Å²) in [6, 6.07) is 24.3. The molecule has 7 N–H and O–H groups in total. The van der Waals surface area contributed by atoms with Crippen LogP contribution >= 0.6 is 15.9 Å². The lowest BCUT2D eigenvalue weighted by Gasteiger charge is -2.19. The monoisotopic (exact) mass is 969 g/mol. The molecule has 350 valence electrons. The van der Waals surface area contributed by atoms with Crippen molar-refractivity contribution in [1.29, 1.82) is 0 Å². The zero-order valence-electron chi connectivity index (χ0n) is 39.3. The van der Waals surface area contributed by atoms with Crippen LogP contribution in [-0.4, -0.2) is 87.6 Å². The van der Waals surface area contributed by atoms with E-state index in [0.29, 0.717) is 63.9 Å². The van der Waals surface area contributed by atoms with Crippen molar-refractivity contribution < 1.29 is 19.8 Å². The number of amides is 2. The highest BCUT2D eigenvalue weighted by Crippen LogP contribution is 2.31. The van der Waals surface area contributed by atoms with Crippen LogP contribution in [0.3, 0.4) is 0 Å². The van der Waals surface area contributed by atoms with Gasteiger partial charge in [-0.05, 0) is 148 Å². The van der Waals surface area contributed by atoms with E-state index in [9.17, 15) is 19.8 Å². The van der Waals surface area contributed by atoms with Crippen LogP contribution in [0.25, 0.3) is 33.8 Å². The summed E-state index contributed by atoms with van der Waals surface area (Å²) in [5, 5.41) is 45.9. The maximum absolute atomic E-state index is 12.6. The largest absolute Gasteiger partial charge is 0.389 e. The van der Waals surface area contributed by atoms with E-state index in [4.69, 9.17) is 5.10 Å². The van der Waals surface area contributed by atoms with Crippen molar-refractivity contribution in [1.82, 2.24) is 39.8 Å². The number of aryl methyl sites for hydroxylation is 2. The van der Waals surface area contributed by atoms with Gasteiger partial charge in [-0.2, -0.15) is 5.10 Å². The molecule has 2 fully saturated rings. The number of rotatable bonds is 15. The van der Waals surface area contributed by atoms with Gasteiger partial charge in [-0.1, -0.05) is 38.1 Å². The lowest BCUT2D eigenvalue weighted by atomic mass is 10.0. The van der Waals surface area contributed by atoms with Crippen LogP contribution in [0.4, 0.5) is 22.9 Å². The third-order valence-corrected chi connectivity index (χ3v) is 11.9. The normalized spacial score (nSPS) is 13.9. The second-order valence-electron chi connectivity index (χ2n) is 19.4. The summed E-state index contributed by atoms with van der Waals surface area (Å²) in [6.07, 6.45) is 7.79. The highest BCUT2D eigenvalue weighted by atomic mass is 79.9. The molecule has 7 aromatic rings. The van der Waals surface area contributed by atoms with Crippen LogP contribution in [0.1, 0.15) is 111 Å². The van der Waals surface area contributed by atoms with Crippen molar-refractivity contribution in [2.75, 3.05) is 29.0 Å². The minimum atomic E-state index is -0.900. The predicted molar refractivity (Wildman–Crippen MR) is 268 cm³/mol. The number of halogens is 1. The van der Waals surface area contributed by atoms with Gasteiger partial charge in [0.1, 0.15) is 4.60 Å². The molecular weight excluding hydrogens is 911 g/mol. The molecular formula is C51H60BrN11O4. The zero-order chi connectivity index (χ0) is 47.8. The Balaban J connectivity index is 0.000000188. The summed E-state index contributed by atoms with van der Waals surface area (Å²) in [4.78, 5) is 34.2. The van der Waals surface area contributed by atoms with Gasteiger partial charge < -0.3 is 36.8 Å². The Labute approximate surface area is 399 Å². The number of hydrogen-bond donors (Lipinski definition) is 7. The first-order chi connectivity index (χ1) is 31.8. The summed E-state index contributed by atoms with van der Waals surface area (Å²) in [7, 11) is 0. The van der Waals surface area contributed by atoms with E-state index in [-0.39, 0.29) is 11.8 Å². The molecule has 2 amide bonds. The SMILES string of the molecule is Cc1cc(-c2cnc3c(NCC(C)(C)O)cc(Br)nn23)ccc1C(=O)NC1CC1.Cc1cc(-c2cnc3c(NCC(C)(C)O)cc(Nc4cccc(C(C)C)c4)nn23)ccc1C(=O)NC1CC1. The molecule has 4 aromatic heterocycles. The van der Waals surface area contributed by atoms with Gasteiger partial charge in [0.2, 0.25) is 0 Å². The molecule has 0 spiro atoms. The van der Waals surface area contributed by atoms with Crippen molar-refractivity contribution in [3.8, 4) is 22.5 Å². The molecule has 16 heteroatoms. The smallest absolute Gasteiger partial charge is 0.251 e. The van der Waals surface area contributed by atoms with Gasteiger partial charge >= 0.3 is 0 Å². The molecule has 0 aliphatic heterocycles. The highest BCUT2D eigenvalue weighted by molar-refractivity contribution is 9.10. The average molecular weight is 971 g/mol. The molecule has 0 bridgehead atoms. The molecule has 9 rings (SSSR count). The zero-order valence-corrected chi connectivity index (χ0v) is 40.9. The van der Waals surface area contributed by atoms with Gasteiger partial charge in [-0.25, -0.2) is 19.0 Å². The van der Waals surface area contributed by atoms with Gasteiger partial charge in [0.25, 0.3) is 11.8 Å².